The van der Waals surface area contributed by atoms with E-state index in [0.717, 1.165) is 18.4 Å². The van der Waals surface area contributed by atoms with E-state index in [9.17, 15) is 15.3 Å². The van der Waals surface area contributed by atoms with Gasteiger partial charge in [0.15, 0.2) is 23.2 Å². The van der Waals surface area contributed by atoms with Gasteiger partial charge in [0.1, 0.15) is 24.6 Å². The number of imidazole rings is 1. The SMILES string of the molecule is CCC[C@H](Nc1ncnc2c1ncn2[C@@H]1O[C@H](CO)C(O)C1O)c1ccccc1. The Hall–Kier alpha value is -2.59. The van der Waals surface area contributed by atoms with Crippen LogP contribution in [0.4, 0.5) is 5.82 Å². The number of hydrogen-bond acceptors (Lipinski definition) is 8. The summed E-state index contributed by atoms with van der Waals surface area (Å²) in [6, 6.07) is 10.2. The number of nitrogens with one attached hydrogen (secondary N) is 1. The van der Waals surface area contributed by atoms with E-state index in [1.165, 1.54) is 12.7 Å². The number of fused-ring (bicyclic) bond motifs is 1. The van der Waals surface area contributed by atoms with Crippen molar-refractivity contribution in [3.8, 4) is 0 Å². The quantitative estimate of drug-likeness (QED) is 0.470. The van der Waals surface area contributed by atoms with Crippen molar-refractivity contribution >= 4 is 17.0 Å². The van der Waals surface area contributed by atoms with Gasteiger partial charge in [-0.25, -0.2) is 15.0 Å². The van der Waals surface area contributed by atoms with Gasteiger partial charge in [0.2, 0.25) is 0 Å². The number of rotatable bonds is 7. The van der Waals surface area contributed by atoms with Crippen molar-refractivity contribution in [2.24, 2.45) is 0 Å². The predicted molar refractivity (Wildman–Crippen MR) is 106 cm³/mol. The summed E-state index contributed by atoms with van der Waals surface area (Å²) in [5.41, 5.74) is 2.17. The minimum absolute atomic E-state index is 0.0679. The average molecular weight is 399 g/mol. The average Bonchev–Trinajstić information content (AvgIpc) is 3.30. The summed E-state index contributed by atoms with van der Waals surface area (Å²) < 4.78 is 7.17. The van der Waals surface area contributed by atoms with Crippen molar-refractivity contribution in [1.82, 2.24) is 19.5 Å². The zero-order valence-electron chi connectivity index (χ0n) is 16.1. The molecule has 1 aliphatic heterocycles. The molecule has 0 aliphatic carbocycles. The zero-order chi connectivity index (χ0) is 20.4. The van der Waals surface area contributed by atoms with Crippen LogP contribution in [0.5, 0.6) is 0 Å². The molecule has 0 saturated carbocycles. The van der Waals surface area contributed by atoms with E-state index in [-0.39, 0.29) is 12.6 Å². The van der Waals surface area contributed by atoms with Gasteiger partial charge in [0.05, 0.1) is 19.0 Å². The predicted octanol–water partition coefficient (Wildman–Crippen LogP) is 1.39. The molecule has 0 radical (unpaired) electrons. The summed E-state index contributed by atoms with van der Waals surface area (Å²) in [4.78, 5) is 13.1. The molecule has 1 aromatic carbocycles. The van der Waals surface area contributed by atoms with Crippen LogP contribution in [0.2, 0.25) is 0 Å². The first-order chi connectivity index (χ1) is 14.1. The first kappa shape index (κ1) is 19.7. The fraction of sp³-hybridized carbons (Fsp3) is 0.450. The van der Waals surface area contributed by atoms with Crippen molar-refractivity contribution < 1.29 is 20.1 Å². The molecule has 3 aromatic rings. The van der Waals surface area contributed by atoms with Crippen LogP contribution in [0.3, 0.4) is 0 Å². The third-order valence-corrected chi connectivity index (χ3v) is 5.24. The van der Waals surface area contributed by atoms with E-state index in [1.807, 2.05) is 18.2 Å². The molecule has 1 aliphatic rings. The molecule has 29 heavy (non-hydrogen) atoms. The van der Waals surface area contributed by atoms with Crippen molar-refractivity contribution in [3.05, 3.63) is 48.5 Å². The molecule has 154 valence electrons. The van der Waals surface area contributed by atoms with Gasteiger partial charge in [-0.15, -0.1) is 0 Å². The van der Waals surface area contributed by atoms with Gasteiger partial charge in [0.25, 0.3) is 0 Å². The Morgan fingerprint density at radius 1 is 1.14 bits per heavy atom. The molecule has 1 fully saturated rings. The molecule has 3 heterocycles. The smallest absolute Gasteiger partial charge is 0.167 e. The number of benzene rings is 1. The van der Waals surface area contributed by atoms with Gasteiger partial charge >= 0.3 is 0 Å². The minimum Gasteiger partial charge on any atom is -0.394 e. The molecular weight excluding hydrogens is 374 g/mol. The van der Waals surface area contributed by atoms with Crippen LogP contribution < -0.4 is 5.32 Å². The second-order valence-electron chi connectivity index (χ2n) is 7.17. The molecule has 0 bridgehead atoms. The van der Waals surface area contributed by atoms with Crippen LogP contribution in [-0.4, -0.2) is 59.8 Å². The molecule has 9 heteroatoms. The number of aliphatic hydroxyl groups is 3. The van der Waals surface area contributed by atoms with Gasteiger partial charge in [-0.1, -0.05) is 43.7 Å². The molecule has 4 rings (SSSR count). The summed E-state index contributed by atoms with van der Waals surface area (Å²) in [6.45, 7) is 1.74. The van der Waals surface area contributed by atoms with Crippen molar-refractivity contribution in [1.29, 1.82) is 0 Å². The van der Waals surface area contributed by atoms with E-state index >= 15 is 0 Å². The Balaban J connectivity index is 1.66. The Labute approximate surface area is 168 Å². The van der Waals surface area contributed by atoms with Crippen molar-refractivity contribution in [3.63, 3.8) is 0 Å². The first-order valence-corrected chi connectivity index (χ1v) is 9.75. The van der Waals surface area contributed by atoms with Gasteiger partial charge in [-0.05, 0) is 12.0 Å². The molecular formula is C20H25N5O4. The van der Waals surface area contributed by atoms with Gasteiger partial charge < -0.3 is 25.4 Å². The third kappa shape index (κ3) is 3.69. The highest BCUT2D eigenvalue weighted by molar-refractivity contribution is 5.83. The maximum absolute atomic E-state index is 10.3. The summed E-state index contributed by atoms with van der Waals surface area (Å²) >= 11 is 0. The monoisotopic (exact) mass is 399 g/mol. The summed E-state index contributed by atoms with van der Waals surface area (Å²) in [5, 5.41) is 33.2. The largest absolute Gasteiger partial charge is 0.394 e. The maximum Gasteiger partial charge on any atom is 0.167 e. The van der Waals surface area contributed by atoms with Gasteiger partial charge in [-0.3, -0.25) is 4.57 Å². The standard InChI is InChI=1S/C20H25N5O4/c1-2-6-13(12-7-4-3-5-8-12)24-18-15-19(22-10-21-18)25(11-23-15)20-17(28)16(27)14(9-26)29-20/h3-5,7-8,10-11,13-14,16-17,20,26-28H,2,6,9H2,1H3,(H,21,22,24)/t13-,14+,16?,17?,20+/m0/s1. The number of nitrogens with zero attached hydrogens (tertiary/aromatic N) is 4. The fourth-order valence-electron chi connectivity index (χ4n) is 3.71. The topological polar surface area (TPSA) is 126 Å². The molecule has 9 nitrogen and oxygen atoms in total. The lowest BCUT2D eigenvalue weighted by atomic mass is 10.0. The Morgan fingerprint density at radius 2 is 1.93 bits per heavy atom. The highest BCUT2D eigenvalue weighted by atomic mass is 16.6. The number of anilines is 1. The molecule has 2 aromatic heterocycles. The van der Waals surface area contributed by atoms with E-state index in [2.05, 4.69) is 39.3 Å². The van der Waals surface area contributed by atoms with Crippen LogP contribution in [0.15, 0.2) is 43.0 Å². The van der Waals surface area contributed by atoms with Crippen LogP contribution in [0.1, 0.15) is 37.6 Å². The normalized spacial score (nSPS) is 25.4. The van der Waals surface area contributed by atoms with Crippen LogP contribution >= 0.6 is 0 Å². The van der Waals surface area contributed by atoms with Crippen LogP contribution in [0, 0.1) is 0 Å². The van der Waals surface area contributed by atoms with Crippen LogP contribution in [0.25, 0.3) is 11.2 Å². The molecule has 2 unspecified atom stereocenters. The van der Waals surface area contributed by atoms with Crippen LogP contribution in [-0.2, 0) is 4.74 Å². The summed E-state index contributed by atoms with van der Waals surface area (Å²) in [7, 11) is 0. The zero-order valence-corrected chi connectivity index (χ0v) is 16.1. The molecule has 0 amide bonds. The third-order valence-electron chi connectivity index (χ3n) is 5.24. The maximum atomic E-state index is 10.3. The van der Waals surface area contributed by atoms with Crippen molar-refractivity contribution in [2.45, 2.75) is 50.3 Å². The first-order valence-electron chi connectivity index (χ1n) is 9.75. The van der Waals surface area contributed by atoms with E-state index in [0.29, 0.717) is 17.0 Å². The molecule has 5 atom stereocenters. The number of ether oxygens (including phenoxy) is 1. The molecule has 4 N–H and O–H groups in total. The van der Waals surface area contributed by atoms with Gasteiger partial charge in [0, 0.05) is 0 Å². The molecule has 0 spiro atoms. The molecule has 1 saturated heterocycles. The fourth-order valence-corrected chi connectivity index (χ4v) is 3.71. The van der Waals surface area contributed by atoms with Gasteiger partial charge in [-0.2, -0.15) is 0 Å². The lowest BCUT2D eigenvalue weighted by Gasteiger charge is -2.20. The van der Waals surface area contributed by atoms with E-state index in [1.54, 1.807) is 4.57 Å². The lowest BCUT2D eigenvalue weighted by Crippen LogP contribution is -2.33. The van der Waals surface area contributed by atoms with E-state index in [4.69, 9.17) is 4.74 Å². The highest BCUT2D eigenvalue weighted by Gasteiger charge is 2.44. The minimum atomic E-state index is -1.20. The Bertz CT molecular complexity index is 950. The number of aliphatic hydroxyl groups excluding tert-OH is 3. The summed E-state index contributed by atoms with van der Waals surface area (Å²) in [6.07, 6.45) is 0.708. The second kappa shape index (κ2) is 8.42. The Kier molecular flexibility index (Phi) is 5.72. The lowest BCUT2D eigenvalue weighted by molar-refractivity contribution is -0.0511. The van der Waals surface area contributed by atoms with E-state index < -0.39 is 24.5 Å². The Morgan fingerprint density at radius 3 is 2.62 bits per heavy atom. The summed E-state index contributed by atoms with van der Waals surface area (Å²) in [5.74, 6) is 0.586. The second-order valence-corrected chi connectivity index (χ2v) is 7.17. The number of aromatic nitrogens is 4. The number of hydrogen-bond donors (Lipinski definition) is 4. The highest BCUT2D eigenvalue weighted by Crippen LogP contribution is 2.33. The van der Waals surface area contributed by atoms with Crippen molar-refractivity contribution in [2.75, 3.05) is 11.9 Å².